The number of rotatable bonds is 5. The van der Waals surface area contributed by atoms with E-state index >= 15 is 0 Å². The van der Waals surface area contributed by atoms with Crippen LogP contribution in [-0.4, -0.2) is 34.8 Å². The van der Waals surface area contributed by atoms with Gasteiger partial charge in [-0.15, -0.1) is 0 Å². The van der Waals surface area contributed by atoms with Gasteiger partial charge in [0.25, 0.3) is 5.91 Å². The first kappa shape index (κ1) is 22.8. The second-order valence-electron chi connectivity index (χ2n) is 7.37. The molecule has 2 aromatic heterocycles. The van der Waals surface area contributed by atoms with E-state index in [1.165, 1.54) is 0 Å². The molecule has 0 bridgehead atoms. The number of carbonyl (C=O) groups is 1. The molecule has 7 nitrogen and oxygen atoms in total. The van der Waals surface area contributed by atoms with Gasteiger partial charge in [-0.05, 0) is 48.5 Å². The quantitative estimate of drug-likeness (QED) is 0.154. The highest BCUT2D eigenvalue weighted by Gasteiger charge is 2.07. The molecule has 0 unspecified atom stereocenters. The third kappa shape index (κ3) is 5.49. The summed E-state index contributed by atoms with van der Waals surface area (Å²) in [4.78, 5) is 20.5. The molecule has 0 aliphatic carbocycles. The SMILES string of the molecule is N=C(NCCNC(=O)c1ccc(C#Cc2c(N)ncc3ccc(Cl)cc23)cc1)c1ccncc1. The van der Waals surface area contributed by atoms with Gasteiger partial charge in [0.05, 0.1) is 5.56 Å². The van der Waals surface area contributed by atoms with E-state index in [1.54, 1.807) is 61.1 Å². The number of amides is 1. The molecular weight excluding hydrogens is 448 g/mol. The van der Waals surface area contributed by atoms with E-state index in [4.69, 9.17) is 22.7 Å². The number of hydrogen-bond donors (Lipinski definition) is 4. The van der Waals surface area contributed by atoms with Crippen LogP contribution in [0.2, 0.25) is 5.02 Å². The molecule has 0 atom stereocenters. The lowest BCUT2D eigenvalue weighted by Crippen LogP contribution is -2.34. The Labute approximate surface area is 201 Å². The first-order valence-corrected chi connectivity index (χ1v) is 10.9. The van der Waals surface area contributed by atoms with Crippen LogP contribution in [0.4, 0.5) is 5.82 Å². The summed E-state index contributed by atoms with van der Waals surface area (Å²) in [6.45, 7) is 0.810. The van der Waals surface area contributed by atoms with E-state index in [0.29, 0.717) is 35.1 Å². The van der Waals surface area contributed by atoms with Crippen LogP contribution in [0.1, 0.15) is 27.0 Å². The molecule has 0 aliphatic rings. The number of pyridine rings is 2. The number of nitrogen functional groups attached to an aromatic ring is 1. The van der Waals surface area contributed by atoms with Crippen molar-refractivity contribution in [3.63, 3.8) is 0 Å². The molecule has 1 amide bonds. The van der Waals surface area contributed by atoms with Crippen LogP contribution in [0.5, 0.6) is 0 Å². The van der Waals surface area contributed by atoms with Gasteiger partial charge in [0.15, 0.2) is 0 Å². The zero-order valence-electron chi connectivity index (χ0n) is 18.1. The van der Waals surface area contributed by atoms with Crippen LogP contribution in [0.25, 0.3) is 10.8 Å². The minimum atomic E-state index is -0.200. The number of anilines is 1. The van der Waals surface area contributed by atoms with Crippen molar-refractivity contribution < 1.29 is 4.79 Å². The second kappa shape index (κ2) is 10.5. The number of halogens is 1. The van der Waals surface area contributed by atoms with E-state index in [9.17, 15) is 4.79 Å². The van der Waals surface area contributed by atoms with E-state index in [-0.39, 0.29) is 11.7 Å². The molecule has 0 saturated carbocycles. The predicted molar refractivity (Wildman–Crippen MR) is 135 cm³/mol. The molecule has 168 valence electrons. The standard InChI is InChI=1S/C26H21ClN6O/c27-21-7-6-20-16-33-25(29)22(23(20)15-21)8-3-17-1-4-19(5-2-17)26(34)32-14-13-31-24(28)18-9-11-30-12-10-18/h1-2,4-7,9-12,15-16H,13-14H2,(H2,28,31)(H2,29,33)(H,32,34). The van der Waals surface area contributed by atoms with Gasteiger partial charge in [0.1, 0.15) is 11.7 Å². The van der Waals surface area contributed by atoms with E-state index in [2.05, 4.69) is 32.4 Å². The summed E-state index contributed by atoms with van der Waals surface area (Å²) in [7, 11) is 0. The summed E-state index contributed by atoms with van der Waals surface area (Å²) in [6, 6.07) is 16.0. The van der Waals surface area contributed by atoms with Crippen LogP contribution < -0.4 is 16.4 Å². The van der Waals surface area contributed by atoms with E-state index in [1.807, 2.05) is 12.1 Å². The van der Waals surface area contributed by atoms with Crippen molar-refractivity contribution in [1.29, 1.82) is 5.41 Å². The Hall–Kier alpha value is -4.41. The molecule has 0 aliphatic heterocycles. The summed E-state index contributed by atoms with van der Waals surface area (Å²) >= 11 is 6.13. The number of nitrogens with one attached hydrogen (secondary N) is 3. The first-order chi connectivity index (χ1) is 16.5. The van der Waals surface area contributed by atoms with Gasteiger partial charge in [0, 0.05) is 64.2 Å². The van der Waals surface area contributed by atoms with E-state index in [0.717, 1.165) is 21.9 Å². The lowest BCUT2D eigenvalue weighted by molar-refractivity contribution is 0.0954. The Balaban J connectivity index is 1.36. The van der Waals surface area contributed by atoms with Crippen molar-refractivity contribution in [2.45, 2.75) is 0 Å². The van der Waals surface area contributed by atoms with Gasteiger partial charge in [0.2, 0.25) is 0 Å². The third-order valence-electron chi connectivity index (χ3n) is 5.04. The van der Waals surface area contributed by atoms with E-state index < -0.39 is 0 Å². The highest BCUT2D eigenvalue weighted by Crippen LogP contribution is 2.24. The van der Waals surface area contributed by atoms with Crippen molar-refractivity contribution in [3.8, 4) is 11.8 Å². The normalized spacial score (nSPS) is 10.3. The number of benzene rings is 2. The van der Waals surface area contributed by atoms with Crippen LogP contribution in [-0.2, 0) is 0 Å². The number of nitrogens with two attached hydrogens (primary N) is 1. The van der Waals surface area contributed by atoms with Crippen molar-refractivity contribution >= 4 is 39.9 Å². The van der Waals surface area contributed by atoms with Crippen LogP contribution in [0.15, 0.2) is 73.2 Å². The van der Waals surface area contributed by atoms with Gasteiger partial charge in [-0.2, -0.15) is 0 Å². The molecule has 2 aromatic carbocycles. The molecule has 0 fully saturated rings. The summed E-state index contributed by atoms with van der Waals surface area (Å²) in [6.07, 6.45) is 4.95. The summed E-state index contributed by atoms with van der Waals surface area (Å²) in [5, 5.41) is 16.1. The predicted octanol–water partition coefficient (Wildman–Crippen LogP) is 3.61. The lowest BCUT2D eigenvalue weighted by Gasteiger charge is -2.09. The topological polar surface area (TPSA) is 117 Å². The maximum atomic E-state index is 12.4. The Morgan fingerprint density at radius 1 is 0.971 bits per heavy atom. The van der Waals surface area contributed by atoms with Crippen LogP contribution in [0, 0.1) is 17.3 Å². The molecule has 4 rings (SSSR count). The molecule has 0 radical (unpaired) electrons. The van der Waals surface area contributed by atoms with Gasteiger partial charge >= 0.3 is 0 Å². The maximum absolute atomic E-state index is 12.4. The monoisotopic (exact) mass is 468 g/mol. The molecule has 5 N–H and O–H groups in total. The van der Waals surface area contributed by atoms with Crippen molar-refractivity contribution in [2.24, 2.45) is 0 Å². The average molecular weight is 469 g/mol. The number of hydrogen-bond acceptors (Lipinski definition) is 5. The smallest absolute Gasteiger partial charge is 0.251 e. The molecule has 8 heteroatoms. The number of fused-ring (bicyclic) bond motifs is 1. The number of carbonyl (C=O) groups excluding carboxylic acids is 1. The Bertz CT molecular complexity index is 1400. The zero-order valence-corrected chi connectivity index (χ0v) is 18.9. The van der Waals surface area contributed by atoms with Crippen molar-refractivity contribution in [2.75, 3.05) is 18.8 Å². The average Bonchev–Trinajstić information content (AvgIpc) is 2.86. The molecular formula is C26H21ClN6O. The minimum Gasteiger partial charge on any atom is -0.383 e. The summed E-state index contributed by atoms with van der Waals surface area (Å²) < 4.78 is 0. The molecule has 2 heterocycles. The Morgan fingerprint density at radius 3 is 2.47 bits per heavy atom. The maximum Gasteiger partial charge on any atom is 0.251 e. The number of amidine groups is 1. The fraction of sp³-hybridized carbons (Fsp3) is 0.0769. The first-order valence-electron chi connectivity index (χ1n) is 10.5. The molecule has 4 aromatic rings. The lowest BCUT2D eigenvalue weighted by atomic mass is 10.1. The number of nitrogens with zero attached hydrogens (tertiary/aromatic N) is 2. The molecule has 34 heavy (non-hydrogen) atoms. The van der Waals surface area contributed by atoms with Crippen molar-refractivity contribution in [1.82, 2.24) is 20.6 Å². The fourth-order valence-corrected chi connectivity index (χ4v) is 3.43. The Kier molecular flexibility index (Phi) is 7.01. The largest absolute Gasteiger partial charge is 0.383 e. The molecule has 0 saturated heterocycles. The van der Waals surface area contributed by atoms with Gasteiger partial charge < -0.3 is 16.4 Å². The third-order valence-corrected chi connectivity index (χ3v) is 5.28. The van der Waals surface area contributed by atoms with Gasteiger partial charge in [-0.25, -0.2) is 4.98 Å². The second-order valence-corrected chi connectivity index (χ2v) is 7.81. The van der Waals surface area contributed by atoms with Gasteiger partial charge in [-0.3, -0.25) is 15.2 Å². The zero-order chi connectivity index (χ0) is 23.9. The summed E-state index contributed by atoms with van der Waals surface area (Å²) in [5.41, 5.74) is 8.66. The Morgan fingerprint density at radius 2 is 1.71 bits per heavy atom. The van der Waals surface area contributed by atoms with Crippen LogP contribution in [0.3, 0.4) is 0 Å². The highest BCUT2D eigenvalue weighted by molar-refractivity contribution is 6.31. The number of aromatic nitrogens is 2. The van der Waals surface area contributed by atoms with Gasteiger partial charge in [-0.1, -0.05) is 29.5 Å². The molecule has 0 spiro atoms. The summed E-state index contributed by atoms with van der Waals surface area (Å²) in [5.74, 6) is 6.58. The highest BCUT2D eigenvalue weighted by atomic mass is 35.5. The minimum absolute atomic E-state index is 0.200. The van der Waals surface area contributed by atoms with Crippen molar-refractivity contribution in [3.05, 3.63) is 100 Å². The fourth-order valence-electron chi connectivity index (χ4n) is 3.26. The van der Waals surface area contributed by atoms with Crippen LogP contribution >= 0.6 is 11.6 Å².